The van der Waals surface area contributed by atoms with Gasteiger partial charge in [-0.1, -0.05) is 20.8 Å². The minimum Gasteiger partial charge on any atom is -0.352 e. The first kappa shape index (κ1) is 12.5. The van der Waals surface area contributed by atoms with Crippen LogP contribution in [0.4, 0.5) is 0 Å². The van der Waals surface area contributed by atoms with Gasteiger partial charge in [-0.25, -0.2) is 0 Å². The number of hydrogen-bond donors (Lipinski definition) is 2. The van der Waals surface area contributed by atoms with Crippen LogP contribution in [0.15, 0.2) is 0 Å². The molecule has 1 saturated heterocycles. The van der Waals surface area contributed by atoms with E-state index in [1.165, 1.54) is 19.3 Å². The van der Waals surface area contributed by atoms with Gasteiger partial charge in [-0.2, -0.15) is 0 Å². The van der Waals surface area contributed by atoms with Crippen LogP contribution in [0, 0.1) is 16.7 Å². The van der Waals surface area contributed by atoms with Crippen LogP contribution in [0.3, 0.4) is 0 Å². The maximum atomic E-state index is 11.2. The molecular formula is C15H26N2O. The number of nitrogens with one attached hydrogen (secondary N) is 2. The quantitative estimate of drug-likeness (QED) is 0.805. The summed E-state index contributed by atoms with van der Waals surface area (Å²) in [6.45, 7) is 8.24. The Bertz CT molecular complexity index is 361. The monoisotopic (exact) mass is 250 g/mol. The second-order valence-corrected chi connectivity index (χ2v) is 7.56. The Hall–Kier alpha value is -0.570. The molecule has 18 heavy (non-hydrogen) atoms. The molecule has 2 N–H and O–H groups in total. The van der Waals surface area contributed by atoms with E-state index >= 15 is 0 Å². The van der Waals surface area contributed by atoms with Crippen LogP contribution in [0.2, 0.25) is 0 Å². The minimum absolute atomic E-state index is 0.222. The second-order valence-electron chi connectivity index (χ2n) is 7.56. The average Bonchev–Trinajstić information content (AvgIpc) is 2.89. The van der Waals surface area contributed by atoms with E-state index in [1.807, 2.05) is 0 Å². The van der Waals surface area contributed by atoms with Gasteiger partial charge in [0.25, 0.3) is 0 Å². The standard InChI is InChI=1S/C15H26N2O/c1-14(2)10-6-7-15(3,8-10)13(14)16-9-11-4-5-12(18)17-11/h10-11,13,16H,4-9H2,1-3H3,(H,17,18). The number of amides is 1. The molecule has 2 saturated carbocycles. The summed E-state index contributed by atoms with van der Waals surface area (Å²) in [5, 5.41) is 6.85. The van der Waals surface area contributed by atoms with Crippen molar-refractivity contribution in [2.24, 2.45) is 16.7 Å². The van der Waals surface area contributed by atoms with Crippen molar-refractivity contribution < 1.29 is 4.79 Å². The average molecular weight is 250 g/mol. The van der Waals surface area contributed by atoms with Crippen molar-refractivity contribution in [2.45, 2.75) is 65.0 Å². The highest BCUT2D eigenvalue weighted by atomic mass is 16.1. The topological polar surface area (TPSA) is 41.1 Å². The molecule has 3 aliphatic rings. The molecule has 2 aliphatic carbocycles. The van der Waals surface area contributed by atoms with E-state index in [9.17, 15) is 4.79 Å². The molecule has 3 fully saturated rings. The lowest BCUT2D eigenvalue weighted by molar-refractivity contribution is -0.119. The van der Waals surface area contributed by atoms with Crippen molar-refractivity contribution in [3.05, 3.63) is 0 Å². The van der Waals surface area contributed by atoms with E-state index in [1.54, 1.807) is 0 Å². The fraction of sp³-hybridized carbons (Fsp3) is 0.933. The molecule has 1 amide bonds. The number of rotatable bonds is 3. The molecule has 3 heteroatoms. The van der Waals surface area contributed by atoms with E-state index in [-0.39, 0.29) is 5.91 Å². The summed E-state index contributed by atoms with van der Waals surface area (Å²) in [4.78, 5) is 11.2. The Morgan fingerprint density at radius 3 is 2.67 bits per heavy atom. The molecular weight excluding hydrogens is 224 g/mol. The minimum atomic E-state index is 0.222. The van der Waals surface area contributed by atoms with E-state index in [0.717, 1.165) is 18.9 Å². The van der Waals surface area contributed by atoms with Gasteiger partial charge in [0.05, 0.1) is 0 Å². The van der Waals surface area contributed by atoms with E-state index in [4.69, 9.17) is 0 Å². The Labute approximate surface area is 110 Å². The zero-order valence-electron chi connectivity index (χ0n) is 11.9. The van der Waals surface area contributed by atoms with Crippen LogP contribution in [-0.2, 0) is 4.79 Å². The molecule has 0 aromatic carbocycles. The maximum Gasteiger partial charge on any atom is 0.220 e. The largest absolute Gasteiger partial charge is 0.352 e. The highest BCUT2D eigenvalue weighted by Gasteiger charge is 2.58. The summed E-state index contributed by atoms with van der Waals surface area (Å²) in [7, 11) is 0. The lowest BCUT2D eigenvalue weighted by atomic mass is 9.68. The Kier molecular flexibility index (Phi) is 2.74. The first-order chi connectivity index (χ1) is 8.42. The molecule has 3 nitrogen and oxygen atoms in total. The number of carbonyl (C=O) groups is 1. The third-order valence-corrected chi connectivity index (χ3v) is 5.92. The van der Waals surface area contributed by atoms with Crippen molar-refractivity contribution >= 4 is 5.91 Å². The number of hydrogen-bond acceptors (Lipinski definition) is 2. The van der Waals surface area contributed by atoms with Gasteiger partial charge in [0, 0.05) is 25.0 Å². The molecule has 1 heterocycles. The molecule has 4 unspecified atom stereocenters. The number of fused-ring (bicyclic) bond motifs is 2. The van der Waals surface area contributed by atoms with Crippen LogP contribution in [0.25, 0.3) is 0 Å². The lowest BCUT2D eigenvalue weighted by Crippen LogP contribution is -2.53. The van der Waals surface area contributed by atoms with Crippen LogP contribution in [-0.4, -0.2) is 24.5 Å². The fourth-order valence-corrected chi connectivity index (χ4v) is 4.90. The van der Waals surface area contributed by atoms with Crippen molar-refractivity contribution in [1.82, 2.24) is 10.6 Å². The van der Waals surface area contributed by atoms with Crippen molar-refractivity contribution in [3.63, 3.8) is 0 Å². The van der Waals surface area contributed by atoms with Gasteiger partial charge in [-0.15, -0.1) is 0 Å². The summed E-state index contributed by atoms with van der Waals surface area (Å²) < 4.78 is 0. The Balaban J connectivity index is 1.63. The maximum absolute atomic E-state index is 11.2. The zero-order chi connectivity index (χ0) is 13.0. The smallest absolute Gasteiger partial charge is 0.220 e. The molecule has 4 atom stereocenters. The van der Waals surface area contributed by atoms with Gasteiger partial charge in [-0.3, -0.25) is 4.79 Å². The van der Waals surface area contributed by atoms with Crippen molar-refractivity contribution in [1.29, 1.82) is 0 Å². The zero-order valence-corrected chi connectivity index (χ0v) is 11.9. The van der Waals surface area contributed by atoms with Gasteiger partial charge in [-0.05, 0) is 42.4 Å². The van der Waals surface area contributed by atoms with Gasteiger partial charge < -0.3 is 10.6 Å². The highest BCUT2D eigenvalue weighted by molar-refractivity contribution is 5.78. The molecule has 2 bridgehead atoms. The van der Waals surface area contributed by atoms with Gasteiger partial charge in [0.1, 0.15) is 0 Å². The Morgan fingerprint density at radius 1 is 1.33 bits per heavy atom. The first-order valence-electron chi connectivity index (χ1n) is 7.44. The summed E-state index contributed by atoms with van der Waals surface area (Å²) in [5.74, 6) is 1.11. The molecule has 0 radical (unpaired) electrons. The van der Waals surface area contributed by atoms with E-state index in [0.29, 0.717) is 29.3 Å². The van der Waals surface area contributed by atoms with Gasteiger partial charge in [0.15, 0.2) is 0 Å². The van der Waals surface area contributed by atoms with Crippen molar-refractivity contribution in [2.75, 3.05) is 6.54 Å². The normalized spacial score (nSPS) is 45.5. The first-order valence-corrected chi connectivity index (χ1v) is 7.44. The van der Waals surface area contributed by atoms with Crippen LogP contribution < -0.4 is 10.6 Å². The van der Waals surface area contributed by atoms with Crippen LogP contribution >= 0.6 is 0 Å². The third-order valence-electron chi connectivity index (χ3n) is 5.92. The van der Waals surface area contributed by atoms with Gasteiger partial charge >= 0.3 is 0 Å². The van der Waals surface area contributed by atoms with Gasteiger partial charge in [0.2, 0.25) is 5.91 Å². The molecule has 3 rings (SSSR count). The molecule has 0 spiro atoms. The third kappa shape index (κ3) is 1.78. The SMILES string of the molecule is CC12CCC(C1)C(C)(C)C2NCC1CCC(=O)N1. The predicted molar refractivity (Wildman–Crippen MR) is 72.2 cm³/mol. The molecule has 0 aromatic rings. The fourth-order valence-electron chi connectivity index (χ4n) is 4.90. The van der Waals surface area contributed by atoms with E-state index in [2.05, 4.69) is 31.4 Å². The molecule has 1 aliphatic heterocycles. The van der Waals surface area contributed by atoms with Crippen LogP contribution in [0.1, 0.15) is 52.9 Å². The molecule has 102 valence electrons. The van der Waals surface area contributed by atoms with Crippen molar-refractivity contribution in [3.8, 4) is 0 Å². The summed E-state index contributed by atoms with van der Waals surface area (Å²) >= 11 is 0. The predicted octanol–water partition coefficient (Wildman–Crippen LogP) is 2.07. The lowest BCUT2D eigenvalue weighted by Gasteiger charge is -2.43. The highest BCUT2D eigenvalue weighted by Crippen LogP contribution is 2.62. The van der Waals surface area contributed by atoms with Crippen LogP contribution in [0.5, 0.6) is 0 Å². The van der Waals surface area contributed by atoms with E-state index < -0.39 is 0 Å². The number of carbonyl (C=O) groups excluding carboxylic acids is 1. The Morgan fingerprint density at radius 2 is 2.11 bits per heavy atom. The summed E-state index contributed by atoms with van der Waals surface area (Å²) in [6.07, 6.45) is 5.87. The molecule has 0 aromatic heterocycles. The second kappa shape index (κ2) is 3.96. The summed E-state index contributed by atoms with van der Waals surface area (Å²) in [5.41, 5.74) is 0.895. The summed E-state index contributed by atoms with van der Waals surface area (Å²) in [6, 6.07) is 0.970.